The molecule has 2 aromatic heterocycles. The Morgan fingerprint density at radius 2 is 1.66 bits per heavy atom. The molecule has 0 aliphatic heterocycles. The molecular formula is C20H16BrN3O4S. The Labute approximate surface area is 176 Å². The monoisotopic (exact) mass is 473 g/mol. The van der Waals surface area contributed by atoms with Crippen LogP contribution in [0.4, 0.5) is 5.69 Å². The summed E-state index contributed by atoms with van der Waals surface area (Å²) < 4.78 is 39.5. The third-order valence-corrected chi connectivity index (χ3v) is 6.40. The van der Waals surface area contributed by atoms with Gasteiger partial charge in [-0.3, -0.25) is 4.31 Å². The van der Waals surface area contributed by atoms with E-state index in [9.17, 15) is 8.42 Å². The summed E-state index contributed by atoms with van der Waals surface area (Å²) in [5, 5.41) is 7.95. The number of aromatic nitrogens is 2. The number of furan rings is 1. The number of aryl methyl sites for hydroxylation is 1. The average Bonchev–Trinajstić information content (AvgIpc) is 3.36. The summed E-state index contributed by atoms with van der Waals surface area (Å²) in [5.41, 5.74) is 1.47. The lowest BCUT2D eigenvalue weighted by molar-refractivity contribution is 0.474. The van der Waals surface area contributed by atoms with E-state index in [2.05, 4.69) is 26.1 Å². The SMILES string of the molecule is Cc1ccc(S(=O)(=O)N(Cc2nnc(-c3ccc(Br)o3)o2)c2ccccc2)cc1. The molecule has 4 rings (SSSR count). The standard InChI is InChI=1S/C20H16BrN3O4S/c1-14-7-9-16(10-8-14)29(25,26)24(15-5-3-2-4-6-15)13-19-22-23-20(28-19)17-11-12-18(21)27-17/h2-12H,13H2,1H3. The molecule has 4 aromatic rings. The van der Waals surface area contributed by atoms with Crippen LogP contribution in [0.3, 0.4) is 0 Å². The molecule has 0 bridgehead atoms. The molecule has 29 heavy (non-hydrogen) atoms. The summed E-state index contributed by atoms with van der Waals surface area (Å²) in [5.74, 6) is 0.710. The fourth-order valence-electron chi connectivity index (χ4n) is 2.72. The molecule has 0 radical (unpaired) electrons. The Hall–Kier alpha value is -2.91. The molecule has 0 N–H and O–H groups in total. The number of sulfonamides is 1. The van der Waals surface area contributed by atoms with E-state index >= 15 is 0 Å². The van der Waals surface area contributed by atoms with Crippen molar-refractivity contribution in [3.63, 3.8) is 0 Å². The van der Waals surface area contributed by atoms with Crippen molar-refractivity contribution >= 4 is 31.6 Å². The lowest BCUT2D eigenvalue weighted by Crippen LogP contribution is -2.30. The summed E-state index contributed by atoms with van der Waals surface area (Å²) in [7, 11) is -3.85. The van der Waals surface area contributed by atoms with Crippen molar-refractivity contribution in [1.29, 1.82) is 0 Å². The van der Waals surface area contributed by atoms with Gasteiger partial charge in [-0.1, -0.05) is 35.9 Å². The van der Waals surface area contributed by atoms with Gasteiger partial charge in [0.1, 0.15) is 6.54 Å². The van der Waals surface area contributed by atoms with Gasteiger partial charge in [0.2, 0.25) is 5.89 Å². The van der Waals surface area contributed by atoms with E-state index in [-0.39, 0.29) is 23.2 Å². The third kappa shape index (κ3) is 4.10. The molecule has 0 aliphatic carbocycles. The van der Waals surface area contributed by atoms with Gasteiger partial charge in [-0.2, -0.15) is 0 Å². The summed E-state index contributed by atoms with van der Waals surface area (Å²) in [6.07, 6.45) is 0. The zero-order chi connectivity index (χ0) is 20.4. The summed E-state index contributed by atoms with van der Waals surface area (Å²) in [6.45, 7) is 1.79. The van der Waals surface area contributed by atoms with Gasteiger partial charge >= 0.3 is 0 Å². The maximum atomic E-state index is 13.3. The second kappa shape index (κ2) is 7.84. The number of halogens is 1. The highest BCUT2D eigenvalue weighted by Crippen LogP contribution is 2.28. The predicted molar refractivity (Wildman–Crippen MR) is 111 cm³/mol. The molecule has 0 unspecified atom stereocenters. The minimum Gasteiger partial charge on any atom is -0.444 e. The normalized spacial score (nSPS) is 11.5. The Balaban J connectivity index is 1.71. The molecule has 7 nitrogen and oxygen atoms in total. The van der Waals surface area contributed by atoms with Crippen molar-refractivity contribution in [3.05, 3.63) is 82.9 Å². The van der Waals surface area contributed by atoms with Crippen LogP contribution in [0.15, 0.2) is 85.1 Å². The number of nitrogens with zero attached hydrogens (tertiary/aromatic N) is 3. The molecule has 0 spiro atoms. The van der Waals surface area contributed by atoms with Crippen molar-refractivity contribution in [1.82, 2.24) is 10.2 Å². The second-order valence-corrected chi connectivity index (χ2v) is 8.91. The van der Waals surface area contributed by atoms with Crippen LogP contribution in [0, 0.1) is 6.92 Å². The van der Waals surface area contributed by atoms with Crippen LogP contribution in [-0.4, -0.2) is 18.6 Å². The first kappa shape index (κ1) is 19.4. The van der Waals surface area contributed by atoms with Crippen LogP contribution in [0.2, 0.25) is 0 Å². The van der Waals surface area contributed by atoms with Crippen molar-refractivity contribution < 1.29 is 17.3 Å². The van der Waals surface area contributed by atoms with Gasteiger partial charge in [-0.05, 0) is 59.3 Å². The number of hydrogen-bond donors (Lipinski definition) is 0. The Bertz CT molecular complexity index is 1220. The fraction of sp³-hybridized carbons (Fsp3) is 0.100. The van der Waals surface area contributed by atoms with Crippen LogP contribution in [0.1, 0.15) is 11.5 Å². The molecule has 2 aromatic carbocycles. The predicted octanol–water partition coefficient (Wildman–Crippen LogP) is 4.80. The zero-order valence-corrected chi connectivity index (χ0v) is 17.7. The molecule has 9 heteroatoms. The quantitative estimate of drug-likeness (QED) is 0.399. The van der Waals surface area contributed by atoms with Crippen LogP contribution in [0.25, 0.3) is 11.7 Å². The lowest BCUT2D eigenvalue weighted by atomic mass is 10.2. The highest BCUT2D eigenvalue weighted by atomic mass is 79.9. The first-order valence-corrected chi connectivity index (χ1v) is 10.9. The number of para-hydroxylation sites is 1. The Kier molecular flexibility index (Phi) is 5.25. The van der Waals surface area contributed by atoms with Gasteiger partial charge < -0.3 is 8.83 Å². The van der Waals surface area contributed by atoms with Crippen molar-refractivity contribution in [2.45, 2.75) is 18.4 Å². The van der Waals surface area contributed by atoms with E-state index in [1.165, 1.54) is 4.31 Å². The molecular weight excluding hydrogens is 458 g/mol. The Morgan fingerprint density at radius 1 is 0.931 bits per heavy atom. The molecule has 2 heterocycles. The molecule has 0 fully saturated rings. The van der Waals surface area contributed by atoms with Crippen molar-refractivity contribution in [2.24, 2.45) is 0 Å². The molecule has 0 saturated carbocycles. The van der Waals surface area contributed by atoms with E-state index < -0.39 is 10.0 Å². The van der Waals surface area contributed by atoms with Gasteiger partial charge in [-0.25, -0.2) is 8.42 Å². The summed E-state index contributed by atoms with van der Waals surface area (Å²) in [6, 6.07) is 18.9. The van der Waals surface area contributed by atoms with Gasteiger partial charge in [-0.15, -0.1) is 10.2 Å². The van der Waals surface area contributed by atoms with Crippen LogP contribution >= 0.6 is 15.9 Å². The fourth-order valence-corrected chi connectivity index (χ4v) is 4.44. The number of hydrogen-bond acceptors (Lipinski definition) is 6. The smallest absolute Gasteiger partial charge is 0.283 e. The number of benzene rings is 2. The number of anilines is 1. The van der Waals surface area contributed by atoms with E-state index in [1.807, 2.05) is 13.0 Å². The van der Waals surface area contributed by atoms with Crippen LogP contribution in [-0.2, 0) is 16.6 Å². The van der Waals surface area contributed by atoms with Gasteiger partial charge in [0.05, 0.1) is 10.6 Å². The highest BCUT2D eigenvalue weighted by molar-refractivity contribution is 9.10. The van der Waals surface area contributed by atoms with E-state index in [1.54, 1.807) is 60.7 Å². The second-order valence-electron chi connectivity index (χ2n) is 6.26. The topological polar surface area (TPSA) is 89.4 Å². The maximum Gasteiger partial charge on any atom is 0.283 e. The molecule has 0 aliphatic rings. The van der Waals surface area contributed by atoms with Gasteiger partial charge in [0.15, 0.2) is 10.4 Å². The molecule has 0 saturated heterocycles. The molecule has 0 atom stereocenters. The van der Waals surface area contributed by atoms with Crippen LogP contribution in [0.5, 0.6) is 0 Å². The minimum atomic E-state index is -3.85. The van der Waals surface area contributed by atoms with Crippen LogP contribution < -0.4 is 4.31 Å². The molecule has 0 amide bonds. The van der Waals surface area contributed by atoms with E-state index in [4.69, 9.17) is 8.83 Å². The third-order valence-electron chi connectivity index (χ3n) is 4.18. The largest absolute Gasteiger partial charge is 0.444 e. The summed E-state index contributed by atoms with van der Waals surface area (Å²) >= 11 is 3.22. The average molecular weight is 474 g/mol. The summed E-state index contributed by atoms with van der Waals surface area (Å²) in [4.78, 5) is 0.182. The first-order chi connectivity index (χ1) is 13.9. The van der Waals surface area contributed by atoms with Gasteiger partial charge in [0.25, 0.3) is 15.9 Å². The van der Waals surface area contributed by atoms with Gasteiger partial charge in [0, 0.05) is 0 Å². The Morgan fingerprint density at radius 3 is 2.31 bits per heavy atom. The lowest BCUT2D eigenvalue weighted by Gasteiger charge is -2.23. The highest BCUT2D eigenvalue weighted by Gasteiger charge is 2.27. The van der Waals surface area contributed by atoms with Crippen molar-refractivity contribution in [2.75, 3.05) is 4.31 Å². The number of rotatable bonds is 6. The first-order valence-electron chi connectivity index (χ1n) is 8.66. The molecule has 148 valence electrons. The van der Waals surface area contributed by atoms with E-state index in [0.717, 1.165) is 5.56 Å². The maximum absolute atomic E-state index is 13.3. The van der Waals surface area contributed by atoms with E-state index in [0.29, 0.717) is 16.1 Å². The van der Waals surface area contributed by atoms with Crippen molar-refractivity contribution in [3.8, 4) is 11.7 Å². The minimum absolute atomic E-state index is 0.116. The zero-order valence-electron chi connectivity index (χ0n) is 15.3.